The van der Waals surface area contributed by atoms with Gasteiger partial charge in [0.05, 0.1) is 5.75 Å². The zero-order valence-corrected chi connectivity index (χ0v) is 12.5. The van der Waals surface area contributed by atoms with E-state index in [1.54, 1.807) is 11.8 Å². The largest absolute Gasteiger partial charge is 0.339 e. The van der Waals surface area contributed by atoms with Crippen LogP contribution in [0.3, 0.4) is 0 Å². The summed E-state index contributed by atoms with van der Waals surface area (Å²) in [6.45, 7) is 0. The van der Waals surface area contributed by atoms with Crippen molar-refractivity contribution < 1.29 is 4.52 Å². The first-order chi connectivity index (χ1) is 9.70. The molecular formula is C14H16ClN3OS. The molecule has 6 heteroatoms. The van der Waals surface area contributed by atoms with E-state index in [-0.39, 0.29) is 6.04 Å². The van der Waals surface area contributed by atoms with E-state index in [1.165, 1.54) is 0 Å². The molecule has 20 heavy (non-hydrogen) atoms. The standard InChI is InChI=1S/C14H16ClN3OS/c15-10-2-1-3-12(7-10)20-8-13-17-14(19-18-13)9-4-5-11(16)6-9/h1-3,7,9,11H,4-6,8,16H2/t9-,11+/m1/s1. The van der Waals surface area contributed by atoms with Gasteiger partial charge in [0.15, 0.2) is 5.82 Å². The van der Waals surface area contributed by atoms with Gasteiger partial charge in [-0.05, 0) is 37.5 Å². The highest BCUT2D eigenvalue weighted by atomic mass is 35.5. The quantitative estimate of drug-likeness (QED) is 0.874. The molecule has 0 aliphatic heterocycles. The van der Waals surface area contributed by atoms with E-state index in [4.69, 9.17) is 21.9 Å². The van der Waals surface area contributed by atoms with Gasteiger partial charge in [0, 0.05) is 21.9 Å². The number of aromatic nitrogens is 2. The molecule has 0 saturated heterocycles. The molecule has 1 fully saturated rings. The van der Waals surface area contributed by atoms with Crippen LogP contribution in [0, 0.1) is 0 Å². The van der Waals surface area contributed by atoms with E-state index in [9.17, 15) is 0 Å². The number of nitrogens with two attached hydrogens (primary N) is 1. The number of thioether (sulfide) groups is 1. The molecule has 4 nitrogen and oxygen atoms in total. The Morgan fingerprint density at radius 3 is 3.05 bits per heavy atom. The first-order valence-electron chi connectivity index (χ1n) is 6.67. The predicted molar refractivity (Wildman–Crippen MR) is 79.9 cm³/mol. The van der Waals surface area contributed by atoms with Crippen molar-refractivity contribution >= 4 is 23.4 Å². The van der Waals surface area contributed by atoms with Gasteiger partial charge < -0.3 is 10.3 Å². The van der Waals surface area contributed by atoms with E-state index < -0.39 is 0 Å². The lowest BCUT2D eigenvalue weighted by Gasteiger charge is -2.01. The maximum atomic E-state index is 5.96. The summed E-state index contributed by atoms with van der Waals surface area (Å²) < 4.78 is 5.35. The zero-order valence-electron chi connectivity index (χ0n) is 11.0. The lowest BCUT2D eigenvalue weighted by Crippen LogP contribution is -2.14. The Morgan fingerprint density at radius 1 is 1.40 bits per heavy atom. The molecule has 1 aromatic carbocycles. The van der Waals surface area contributed by atoms with Crippen molar-refractivity contribution in [2.24, 2.45) is 5.73 Å². The fourth-order valence-corrected chi connectivity index (χ4v) is 3.49. The maximum Gasteiger partial charge on any atom is 0.229 e. The summed E-state index contributed by atoms with van der Waals surface area (Å²) in [6.07, 6.45) is 3.03. The van der Waals surface area contributed by atoms with Crippen molar-refractivity contribution in [2.75, 3.05) is 0 Å². The van der Waals surface area contributed by atoms with Gasteiger partial charge in [0.25, 0.3) is 0 Å². The average Bonchev–Trinajstić information content (AvgIpc) is 3.05. The Bertz CT molecular complexity index is 589. The molecule has 2 atom stereocenters. The van der Waals surface area contributed by atoms with Crippen LogP contribution >= 0.6 is 23.4 Å². The van der Waals surface area contributed by atoms with Gasteiger partial charge in [-0.25, -0.2) is 0 Å². The number of hydrogen-bond acceptors (Lipinski definition) is 5. The topological polar surface area (TPSA) is 64.9 Å². The fourth-order valence-electron chi connectivity index (χ4n) is 2.44. The van der Waals surface area contributed by atoms with Gasteiger partial charge in [0.1, 0.15) is 0 Å². The highest BCUT2D eigenvalue weighted by Gasteiger charge is 2.27. The van der Waals surface area contributed by atoms with Gasteiger partial charge in [-0.2, -0.15) is 4.98 Å². The Morgan fingerprint density at radius 2 is 2.30 bits per heavy atom. The third-order valence-electron chi connectivity index (χ3n) is 3.47. The number of nitrogens with zero attached hydrogens (tertiary/aromatic N) is 2. The molecule has 1 saturated carbocycles. The molecule has 1 heterocycles. The molecule has 0 unspecified atom stereocenters. The van der Waals surface area contributed by atoms with Crippen molar-refractivity contribution in [2.45, 2.75) is 41.9 Å². The van der Waals surface area contributed by atoms with Gasteiger partial charge >= 0.3 is 0 Å². The Labute approximate surface area is 127 Å². The summed E-state index contributed by atoms with van der Waals surface area (Å²) in [5.74, 6) is 2.48. The molecule has 0 radical (unpaired) electrons. The minimum atomic E-state index is 0.274. The minimum Gasteiger partial charge on any atom is -0.339 e. The van der Waals surface area contributed by atoms with E-state index in [2.05, 4.69) is 10.1 Å². The molecule has 3 rings (SSSR count). The highest BCUT2D eigenvalue weighted by Crippen LogP contribution is 2.33. The average molecular weight is 310 g/mol. The van der Waals surface area contributed by atoms with E-state index in [0.29, 0.717) is 11.7 Å². The number of hydrogen-bond donors (Lipinski definition) is 1. The number of halogens is 1. The third kappa shape index (κ3) is 3.34. The first kappa shape index (κ1) is 13.9. The van der Waals surface area contributed by atoms with Crippen LogP contribution in [0.4, 0.5) is 0 Å². The second-order valence-electron chi connectivity index (χ2n) is 5.06. The van der Waals surface area contributed by atoms with Crippen molar-refractivity contribution in [1.82, 2.24) is 10.1 Å². The van der Waals surface area contributed by atoms with Crippen molar-refractivity contribution in [3.8, 4) is 0 Å². The van der Waals surface area contributed by atoms with E-state index in [1.807, 2.05) is 24.3 Å². The molecule has 0 amide bonds. The second-order valence-corrected chi connectivity index (χ2v) is 6.55. The van der Waals surface area contributed by atoms with Crippen LogP contribution < -0.4 is 5.73 Å². The molecule has 2 N–H and O–H groups in total. The van der Waals surface area contributed by atoms with Crippen LogP contribution in [0.5, 0.6) is 0 Å². The molecule has 2 aromatic rings. The normalized spacial score (nSPS) is 22.3. The van der Waals surface area contributed by atoms with E-state index >= 15 is 0 Å². The van der Waals surface area contributed by atoms with Crippen LogP contribution in [0.2, 0.25) is 5.02 Å². The lowest BCUT2D eigenvalue weighted by atomic mass is 10.1. The molecule has 0 spiro atoms. The predicted octanol–water partition coefficient (Wildman–Crippen LogP) is 3.61. The van der Waals surface area contributed by atoms with Gasteiger partial charge in [-0.15, -0.1) is 11.8 Å². The summed E-state index contributed by atoms with van der Waals surface area (Å²) in [7, 11) is 0. The zero-order chi connectivity index (χ0) is 13.9. The maximum absolute atomic E-state index is 5.96. The molecule has 1 aliphatic carbocycles. The Balaban J connectivity index is 1.60. The fraction of sp³-hybridized carbons (Fsp3) is 0.429. The van der Waals surface area contributed by atoms with Gasteiger partial charge in [-0.1, -0.05) is 22.8 Å². The summed E-state index contributed by atoms with van der Waals surface area (Å²) in [5, 5.41) is 4.78. The summed E-state index contributed by atoms with van der Waals surface area (Å²) in [4.78, 5) is 5.58. The number of rotatable bonds is 4. The minimum absolute atomic E-state index is 0.274. The van der Waals surface area contributed by atoms with Crippen LogP contribution in [-0.2, 0) is 5.75 Å². The molecule has 1 aliphatic rings. The van der Waals surface area contributed by atoms with Crippen LogP contribution in [0.25, 0.3) is 0 Å². The van der Waals surface area contributed by atoms with Gasteiger partial charge in [0.2, 0.25) is 5.89 Å². The van der Waals surface area contributed by atoms with Crippen LogP contribution in [0.1, 0.15) is 36.9 Å². The van der Waals surface area contributed by atoms with Crippen molar-refractivity contribution in [3.63, 3.8) is 0 Å². The third-order valence-corrected chi connectivity index (χ3v) is 4.70. The molecule has 1 aromatic heterocycles. The van der Waals surface area contributed by atoms with Crippen LogP contribution in [-0.4, -0.2) is 16.2 Å². The Kier molecular flexibility index (Phi) is 4.29. The van der Waals surface area contributed by atoms with Gasteiger partial charge in [-0.3, -0.25) is 0 Å². The number of benzene rings is 1. The summed E-state index contributed by atoms with van der Waals surface area (Å²) >= 11 is 7.61. The Hall–Kier alpha value is -1.04. The molecular weight excluding hydrogens is 294 g/mol. The van der Waals surface area contributed by atoms with Crippen molar-refractivity contribution in [3.05, 3.63) is 41.0 Å². The SMILES string of the molecule is N[C@H]1CC[C@@H](c2nc(CSc3cccc(Cl)c3)no2)C1. The second kappa shape index (κ2) is 6.16. The first-order valence-corrected chi connectivity index (χ1v) is 8.03. The highest BCUT2D eigenvalue weighted by molar-refractivity contribution is 7.98. The monoisotopic (exact) mass is 309 g/mol. The summed E-state index contributed by atoms with van der Waals surface area (Å²) in [6, 6.07) is 8.03. The molecule has 0 bridgehead atoms. The smallest absolute Gasteiger partial charge is 0.229 e. The van der Waals surface area contributed by atoms with E-state index in [0.717, 1.165) is 40.9 Å². The summed E-state index contributed by atoms with van der Waals surface area (Å²) in [5.41, 5.74) is 5.91. The molecule has 106 valence electrons. The lowest BCUT2D eigenvalue weighted by molar-refractivity contribution is 0.350. The van der Waals surface area contributed by atoms with Crippen LogP contribution in [0.15, 0.2) is 33.7 Å². The van der Waals surface area contributed by atoms with Crippen molar-refractivity contribution in [1.29, 1.82) is 0 Å².